The summed E-state index contributed by atoms with van der Waals surface area (Å²) in [6, 6.07) is 3.53. The number of pyridine rings is 1. The third-order valence-electron chi connectivity index (χ3n) is 1.52. The first-order chi connectivity index (χ1) is 6.22. The Morgan fingerprint density at radius 3 is 2.85 bits per heavy atom. The number of nitrogens with zero attached hydrogens (tertiary/aromatic N) is 1. The average molecular weight is 177 g/mol. The molecule has 1 N–H and O–H groups in total. The zero-order valence-corrected chi connectivity index (χ0v) is 7.40. The summed E-state index contributed by atoms with van der Waals surface area (Å²) in [5.41, 5.74) is 1.48. The fraction of sp³-hybridized carbons (Fsp3) is 0.200. The molecule has 0 aliphatic heterocycles. The number of hydrogen-bond donors (Lipinski definition) is 1. The van der Waals surface area contributed by atoms with Gasteiger partial charge in [-0.1, -0.05) is 6.07 Å². The summed E-state index contributed by atoms with van der Waals surface area (Å²) in [7, 11) is 0. The van der Waals surface area contributed by atoms with Gasteiger partial charge in [-0.2, -0.15) is 0 Å². The van der Waals surface area contributed by atoms with Crippen molar-refractivity contribution >= 4 is 11.9 Å². The van der Waals surface area contributed by atoms with Crippen LogP contribution in [0.3, 0.4) is 0 Å². The van der Waals surface area contributed by atoms with E-state index in [9.17, 15) is 4.79 Å². The molecule has 1 heterocycles. The highest BCUT2D eigenvalue weighted by Crippen LogP contribution is 2.01. The molecule has 13 heavy (non-hydrogen) atoms. The van der Waals surface area contributed by atoms with E-state index in [1.165, 1.54) is 13.0 Å². The highest BCUT2D eigenvalue weighted by Gasteiger charge is 1.91. The lowest BCUT2D eigenvalue weighted by atomic mass is 10.2. The van der Waals surface area contributed by atoms with Gasteiger partial charge in [-0.3, -0.25) is 9.78 Å². The van der Waals surface area contributed by atoms with Gasteiger partial charge in [0.15, 0.2) is 5.78 Å². The predicted molar refractivity (Wildman–Crippen MR) is 49.9 cm³/mol. The van der Waals surface area contributed by atoms with Gasteiger partial charge in [-0.25, -0.2) is 0 Å². The van der Waals surface area contributed by atoms with Crippen LogP contribution in [0.25, 0.3) is 6.08 Å². The molecule has 0 amide bonds. The maximum Gasteiger partial charge on any atom is 0.152 e. The van der Waals surface area contributed by atoms with Gasteiger partial charge in [0.05, 0.1) is 12.3 Å². The van der Waals surface area contributed by atoms with Gasteiger partial charge in [0.2, 0.25) is 0 Å². The van der Waals surface area contributed by atoms with E-state index in [2.05, 4.69) is 4.98 Å². The van der Waals surface area contributed by atoms with Crippen LogP contribution in [0.2, 0.25) is 0 Å². The SMILES string of the molecule is CC(=O)/C=C/c1ccc(CO)cn1. The number of aliphatic hydroxyl groups excluding tert-OH is 1. The van der Waals surface area contributed by atoms with Crippen molar-refractivity contribution in [2.45, 2.75) is 13.5 Å². The maximum atomic E-state index is 10.6. The molecule has 3 nitrogen and oxygen atoms in total. The highest BCUT2D eigenvalue weighted by molar-refractivity contribution is 5.91. The molecular formula is C10H11NO2. The largest absolute Gasteiger partial charge is 0.392 e. The lowest BCUT2D eigenvalue weighted by Crippen LogP contribution is -1.87. The van der Waals surface area contributed by atoms with E-state index in [-0.39, 0.29) is 12.4 Å². The van der Waals surface area contributed by atoms with Crippen LogP contribution in [0.15, 0.2) is 24.4 Å². The van der Waals surface area contributed by atoms with Gasteiger partial charge in [-0.15, -0.1) is 0 Å². The van der Waals surface area contributed by atoms with Crippen molar-refractivity contribution in [2.24, 2.45) is 0 Å². The molecule has 0 spiro atoms. The lowest BCUT2D eigenvalue weighted by Gasteiger charge is -1.95. The van der Waals surface area contributed by atoms with Crippen LogP contribution >= 0.6 is 0 Å². The van der Waals surface area contributed by atoms with E-state index in [1.807, 2.05) is 0 Å². The van der Waals surface area contributed by atoms with Crippen LogP contribution in [0, 0.1) is 0 Å². The molecule has 0 atom stereocenters. The molecule has 0 unspecified atom stereocenters. The molecule has 0 aliphatic carbocycles. The van der Waals surface area contributed by atoms with Crippen molar-refractivity contribution < 1.29 is 9.90 Å². The molecule has 0 saturated heterocycles. The van der Waals surface area contributed by atoms with Gasteiger partial charge < -0.3 is 5.11 Å². The fourth-order valence-corrected chi connectivity index (χ4v) is 0.831. The van der Waals surface area contributed by atoms with Gasteiger partial charge in [0.25, 0.3) is 0 Å². The van der Waals surface area contributed by atoms with Gasteiger partial charge in [0, 0.05) is 6.20 Å². The van der Waals surface area contributed by atoms with Crippen molar-refractivity contribution in [1.82, 2.24) is 4.98 Å². The van der Waals surface area contributed by atoms with E-state index >= 15 is 0 Å². The summed E-state index contributed by atoms with van der Waals surface area (Å²) in [5.74, 6) is -0.00645. The molecule has 0 radical (unpaired) electrons. The molecule has 1 rings (SSSR count). The minimum absolute atomic E-state index is 0.00645. The molecule has 0 aromatic carbocycles. The van der Waals surface area contributed by atoms with Crippen molar-refractivity contribution in [3.63, 3.8) is 0 Å². The third kappa shape index (κ3) is 3.17. The molecule has 1 aromatic rings. The Kier molecular flexibility index (Phi) is 3.34. The first-order valence-corrected chi connectivity index (χ1v) is 3.97. The normalized spacial score (nSPS) is 10.6. The van der Waals surface area contributed by atoms with Crippen molar-refractivity contribution in [1.29, 1.82) is 0 Å². The molecule has 0 bridgehead atoms. The second-order valence-electron chi connectivity index (χ2n) is 2.69. The van der Waals surface area contributed by atoms with Crippen LogP contribution in [0.1, 0.15) is 18.2 Å². The zero-order chi connectivity index (χ0) is 9.68. The third-order valence-corrected chi connectivity index (χ3v) is 1.52. The standard InChI is InChI=1S/C10H11NO2/c1-8(13)2-4-10-5-3-9(7-12)6-11-10/h2-6,12H,7H2,1H3/b4-2+. The Labute approximate surface area is 76.7 Å². The van der Waals surface area contributed by atoms with E-state index in [1.54, 1.807) is 24.4 Å². The van der Waals surface area contributed by atoms with Crippen LogP contribution in [0.4, 0.5) is 0 Å². The second kappa shape index (κ2) is 4.52. The molecule has 1 aromatic heterocycles. The number of aliphatic hydroxyl groups is 1. The molecule has 0 saturated carbocycles. The molecule has 0 fully saturated rings. The van der Waals surface area contributed by atoms with Crippen LogP contribution in [-0.4, -0.2) is 15.9 Å². The monoisotopic (exact) mass is 177 g/mol. The summed E-state index contributed by atoms with van der Waals surface area (Å²) in [6.45, 7) is 1.47. The number of ketones is 1. The number of rotatable bonds is 3. The molecule has 3 heteroatoms. The van der Waals surface area contributed by atoms with E-state index < -0.39 is 0 Å². The quantitative estimate of drug-likeness (QED) is 0.705. The Hall–Kier alpha value is -1.48. The molecule has 0 aliphatic rings. The Morgan fingerprint density at radius 2 is 2.38 bits per heavy atom. The van der Waals surface area contributed by atoms with Crippen LogP contribution in [-0.2, 0) is 11.4 Å². The van der Waals surface area contributed by atoms with E-state index in [4.69, 9.17) is 5.11 Å². The number of carbonyl (C=O) groups excluding carboxylic acids is 1. The fourth-order valence-electron chi connectivity index (χ4n) is 0.831. The minimum atomic E-state index is -0.0102. The van der Waals surface area contributed by atoms with Gasteiger partial charge in [0.1, 0.15) is 0 Å². The van der Waals surface area contributed by atoms with Crippen molar-refractivity contribution in [3.8, 4) is 0 Å². The lowest BCUT2D eigenvalue weighted by molar-refractivity contribution is -0.112. The van der Waals surface area contributed by atoms with Crippen LogP contribution in [0.5, 0.6) is 0 Å². The number of carbonyl (C=O) groups is 1. The van der Waals surface area contributed by atoms with Gasteiger partial charge >= 0.3 is 0 Å². The number of hydrogen-bond acceptors (Lipinski definition) is 3. The van der Waals surface area contributed by atoms with Crippen molar-refractivity contribution in [3.05, 3.63) is 35.7 Å². The first-order valence-electron chi connectivity index (χ1n) is 3.97. The smallest absolute Gasteiger partial charge is 0.152 e. The Morgan fingerprint density at radius 1 is 1.62 bits per heavy atom. The first kappa shape index (κ1) is 9.61. The van der Waals surface area contributed by atoms with E-state index in [0.717, 1.165) is 5.56 Å². The summed E-state index contributed by atoms with van der Waals surface area (Å²) < 4.78 is 0. The predicted octanol–water partition coefficient (Wildman–Crippen LogP) is 1.18. The van der Waals surface area contributed by atoms with Crippen molar-refractivity contribution in [2.75, 3.05) is 0 Å². The Bertz CT molecular complexity index is 314. The summed E-state index contributed by atoms with van der Waals surface area (Å²) >= 11 is 0. The number of aromatic nitrogens is 1. The topological polar surface area (TPSA) is 50.2 Å². The molecule has 68 valence electrons. The molecular weight excluding hydrogens is 166 g/mol. The van der Waals surface area contributed by atoms with Crippen LogP contribution < -0.4 is 0 Å². The second-order valence-corrected chi connectivity index (χ2v) is 2.69. The average Bonchev–Trinajstić information content (AvgIpc) is 2.15. The summed E-state index contributed by atoms with van der Waals surface area (Å²) in [5, 5.41) is 8.73. The van der Waals surface area contributed by atoms with E-state index in [0.29, 0.717) is 5.69 Å². The number of allylic oxidation sites excluding steroid dienone is 1. The summed E-state index contributed by atoms with van der Waals surface area (Å²) in [6.07, 6.45) is 4.68. The highest BCUT2D eigenvalue weighted by atomic mass is 16.3. The minimum Gasteiger partial charge on any atom is -0.392 e. The Balaban J connectivity index is 2.75. The zero-order valence-electron chi connectivity index (χ0n) is 7.40. The maximum absolute atomic E-state index is 10.6. The van der Waals surface area contributed by atoms with Gasteiger partial charge in [-0.05, 0) is 30.7 Å². The summed E-state index contributed by atoms with van der Waals surface area (Å²) in [4.78, 5) is 14.6.